The molecule has 1 unspecified atom stereocenters. The summed E-state index contributed by atoms with van der Waals surface area (Å²) in [6, 6.07) is 8.99. The third-order valence-corrected chi connectivity index (χ3v) is 5.68. The molecule has 1 aromatic carbocycles. The fraction of sp³-hybridized carbons (Fsp3) is 0.636. The smallest absolute Gasteiger partial charge is 0.409 e. The normalized spacial score (nSPS) is 19.5. The topological polar surface area (TPSA) is 69.6 Å². The summed E-state index contributed by atoms with van der Waals surface area (Å²) in [7, 11) is 1.82. The number of morpholine rings is 1. The Morgan fingerprint density at radius 2 is 1.87 bits per heavy atom. The molecular weight excluding hydrogens is 382 g/mol. The Morgan fingerprint density at radius 3 is 2.50 bits per heavy atom. The van der Waals surface area contributed by atoms with E-state index in [1.54, 1.807) is 4.90 Å². The Hall–Kier alpha value is -2.32. The van der Waals surface area contributed by atoms with Crippen molar-refractivity contribution in [2.24, 2.45) is 4.99 Å². The molecule has 166 valence electrons. The van der Waals surface area contributed by atoms with E-state index in [1.807, 2.05) is 14.0 Å². The van der Waals surface area contributed by atoms with Gasteiger partial charge < -0.3 is 24.6 Å². The van der Waals surface area contributed by atoms with Crippen LogP contribution in [0.15, 0.2) is 29.3 Å². The van der Waals surface area contributed by atoms with Gasteiger partial charge in [-0.15, -0.1) is 0 Å². The number of amides is 1. The molecule has 2 fully saturated rings. The number of hydrogen-bond acceptors (Lipinski definition) is 5. The summed E-state index contributed by atoms with van der Waals surface area (Å²) >= 11 is 0. The predicted molar refractivity (Wildman–Crippen MR) is 118 cm³/mol. The van der Waals surface area contributed by atoms with Crippen LogP contribution in [0, 0.1) is 6.92 Å². The quantitative estimate of drug-likeness (QED) is 0.581. The van der Waals surface area contributed by atoms with E-state index in [0.29, 0.717) is 19.7 Å². The number of benzene rings is 1. The molecule has 0 spiro atoms. The fourth-order valence-corrected chi connectivity index (χ4v) is 4.06. The first-order valence-corrected chi connectivity index (χ1v) is 10.9. The number of piperazine rings is 1. The Morgan fingerprint density at radius 1 is 1.17 bits per heavy atom. The Bertz CT molecular complexity index is 712. The Kier molecular flexibility index (Phi) is 8.33. The average Bonchev–Trinajstić information content (AvgIpc) is 2.78. The molecule has 2 aliphatic rings. The lowest BCUT2D eigenvalue weighted by Gasteiger charge is -2.38. The van der Waals surface area contributed by atoms with E-state index < -0.39 is 0 Å². The SMILES string of the molecule is CCOC(=O)N1CCN(C(=NC)NCC(c2cccc(C)c2)N2CCOCC2)CC1. The highest BCUT2D eigenvalue weighted by atomic mass is 16.6. The molecule has 30 heavy (non-hydrogen) atoms. The van der Waals surface area contributed by atoms with Crippen molar-refractivity contribution in [3.8, 4) is 0 Å². The molecule has 3 rings (SSSR count). The molecule has 0 saturated carbocycles. The van der Waals surface area contributed by atoms with Crippen LogP contribution in [0.5, 0.6) is 0 Å². The van der Waals surface area contributed by atoms with Crippen LogP contribution in [-0.2, 0) is 9.47 Å². The van der Waals surface area contributed by atoms with Crippen LogP contribution in [0.25, 0.3) is 0 Å². The number of aryl methyl sites for hydroxylation is 1. The molecule has 0 radical (unpaired) electrons. The molecule has 8 heteroatoms. The first kappa shape index (κ1) is 22.4. The number of rotatable bonds is 5. The van der Waals surface area contributed by atoms with Gasteiger partial charge in [0.25, 0.3) is 0 Å². The van der Waals surface area contributed by atoms with E-state index in [1.165, 1.54) is 11.1 Å². The average molecular weight is 418 g/mol. The molecule has 0 aliphatic carbocycles. The number of hydrogen-bond donors (Lipinski definition) is 1. The molecule has 2 saturated heterocycles. The molecule has 1 aromatic rings. The van der Waals surface area contributed by atoms with Crippen molar-refractivity contribution in [1.82, 2.24) is 20.0 Å². The van der Waals surface area contributed by atoms with Crippen LogP contribution in [0.2, 0.25) is 0 Å². The van der Waals surface area contributed by atoms with Crippen LogP contribution in [0.1, 0.15) is 24.1 Å². The summed E-state index contributed by atoms with van der Waals surface area (Å²) in [6.07, 6.45) is -0.230. The van der Waals surface area contributed by atoms with Gasteiger partial charge in [0.15, 0.2) is 5.96 Å². The van der Waals surface area contributed by atoms with Gasteiger partial charge in [-0.05, 0) is 19.4 Å². The number of carbonyl (C=O) groups excluding carboxylic acids is 1. The highest BCUT2D eigenvalue weighted by molar-refractivity contribution is 5.80. The van der Waals surface area contributed by atoms with Gasteiger partial charge in [-0.1, -0.05) is 29.8 Å². The summed E-state index contributed by atoms with van der Waals surface area (Å²) in [5.41, 5.74) is 2.58. The highest BCUT2D eigenvalue weighted by Gasteiger charge is 2.26. The maximum absolute atomic E-state index is 11.9. The lowest BCUT2D eigenvalue weighted by Crippen LogP contribution is -2.55. The molecule has 1 atom stereocenters. The van der Waals surface area contributed by atoms with Crippen LogP contribution < -0.4 is 5.32 Å². The van der Waals surface area contributed by atoms with Crippen LogP contribution in [-0.4, -0.2) is 99.4 Å². The Labute approximate surface area is 179 Å². The van der Waals surface area contributed by atoms with E-state index in [9.17, 15) is 4.79 Å². The molecule has 2 aliphatic heterocycles. The number of guanidine groups is 1. The van der Waals surface area contributed by atoms with E-state index in [4.69, 9.17) is 9.47 Å². The zero-order valence-electron chi connectivity index (χ0n) is 18.5. The minimum absolute atomic E-state index is 0.230. The second kappa shape index (κ2) is 11.2. The molecular formula is C22H35N5O3. The largest absolute Gasteiger partial charge is 0.450 e. The van der Waals surface area contributed by atoms with E-state index >= 15 is 0 Å². The van der Waals surface area contributed by atoms with Crippen LogP contribution >= 0.6 is 0 Å². The van der Waals surface area contributed by atoms with Gasteiger partial charge in [0.1, 0.15) is 0 Å². The van der Waals surface area contributed by atoms with Gasteiger partial charge in [-0.3, -0.25) is 9.89 Å². The zero-order chi connectivity index (χ0) is 21.3. The highest BCUT2D eigenvalue weighted by Crippen LogP contribution is 2.22. The molecule has 0 aromatic heterocycles. The minimum Gasteiger partial charge on any atom is -0.450 e. The second-order valence-electron chi connectivity index (χ2n) is 7.68. The van der Waals surface area contributed by atoms with Crippen LogP contribution in [0.3, 0.4) is 0 Å². The lowest BCUT2D eigenvalue weighted by molar-refractivity contribution is 0.0168. The number of nitrogens with zero attached hydrogens (tertiary/aromatic N) is 4. The molecule has 1 N–H and O–H groups in total. The van der Waals surface area contributed by atoms with Gasteiger partial charge in [-0.2, -0.15) is 0 Å². The van der Waals surface area contributed by atoms with Crippen LogP contribution in [0.4, 0.5) is 4.79 Å². The van der Waals surface area contributed by atoms with Crippen molar-refractivity contribution in [2.45, 2.75) is 19.9 Å². The zero-order valence-corrected chi connectivity index (χ0v) is 18.5. The summed E-state index contributed by atoms with van der Waals surface area (Å²) in [6.45, 7) is 11.3. The maximum Gasteiger partial charge on any atom is 0.409 e. The number of carbonyl (C=O) groups is 1. The second-order valence-corrected chi connectivity index (χ2v) is 7.68. The predicted octanol–water partition coefficient (Wildman–Crippen LogP) is 1.72. The summed E-state index contributed by atoms with van der Waals surface area (Å²) in [5, 5.41) is 3.58. The van der Waals surface area contributed by atoms with Gasteiger partial charge in [0.2, 0.25) is 0 Å². The Balaban J connectivity index is 1.61. The van der Waals surface area contributed by atoms with Crippen molar-refractivity contribution in [2.75, 3.05) is 72.7 Å². The third-order valence-electron chi connectivity index (χ3n) is 5.68. The fourth-order valence-electron chi connectivity index (χ4n) is 4.06. The summed E-state index contributed by atoms with van der Waals surface area (Å²) in [4.78, 5) is 22.9. The van der Waals surface area contributed by atoms with Crippen molar-refractivity contribution >= 4 is 12.1 Å². The van der Waals surface area contributed by atoms with Crippen molar-refractivity contribution in [3.63, 3.8) is 0 Å². The maximum atomic E-state index is 11.9. The number of ether oxygens (including phenoxy) is 2. The van der Waals surface area contributed by atoms with Gasteiger partial charge in [0.05, 0.1) is 25.9 Å². The number of nitrogens with one attached hydrogen (secondary N) is 1. The monoisotopic (exact) mass is 417 g/mol. The minimum atomic E-state index is -0.230. The first-order valence-electron chi connectivity index (χ1n) is 10.9. The summed E-state index contributed by atoms with van der Waals surface area (Å²) < 4.78 is 10.7. The van der Waals surface area contributed by atoms with Crippen molar-refractivity contribution in [1.29, 1.82) is 0 Å². The van der Waals surface area contributed by atoms with Gasteiger partial charge >= 0.3 is 6.09 Å². The lowest BCUT2D eigenvalue weighted by atomic mass is 10.0. The molecule has 8 nitrogen and oxygen atoms in total. The van der Waals surface area contributed by atoms with Gasteiger partial charge in [-0.25, -0.2) is 4.79 Å². The molecule has 2 heterocycles. The summed E-state index contributed by atoms with van der Waals surface area (Å²) in [5.74, 6) is 0.879. The van der Waals surface area contributed by atoms with Gasteiger partial charge in [0, 0.05) is 52.9 Å². The first-order chi connectivity index (χ1) is 14.6. The van der Waals surface area contributed by atoms with Crippen molar-refractivity contribution in [3.05, 3.63) is 35.4 Å². The van der Waals surface area contributed by atoms with Crippen molar-refractivity contribution < 1.29 is 14.3 Å². The van der Waals surface area contributed by atoms with E-state index in [2.05, 4.69) is 51.3 Å². The molecule has 0 bridgehead atoms. The third kappa shape index (κ3) is 5.86. The molecule has 1 amide bonds. The van der Waals surface area contributed by atoms with E-state index in [0.717, 1.165) is 51.9 Å². The number of aliphatic imine (C=N–C) groups is 1. The standard InChI is InChI=1S/C22H35N5O3/c1-4-30-22(28)27-10-8-26(9-11-27)21(23-3)24-17-20(25-12-14-29-15-13-25)19-7-5-6-18(2)16-19/h5-7,16,20H,4,8-15,17H2,1-3H3,(H,23,24). The van der Waals surface area contributed by atoms with E-state index in [-0.39, 0.29) is 12.1 Å².